The molecule has 1 aliphatic heterocycles. The van der Waals surface area contributed by atoms with Crippen LogP contribution in [0.2, 0.25) is 0 Å². The zero-order valence-electron chi connectivity index (χ0n) is 11.8. The van der Waals surface area contributed by atoms with Crippen molar-refractivity contribution in [3.8, 4) is 0 Å². The van der Waals surface area contributed by atoms with Gasteiger partial charge in [0.25, 0.3) is 0 Å². The van der Waals surface area contributed by atoms with E-state index in [0.29, 0.717) is 19.6 Å². The van der Waals surface area contributed by atoms with E-state index < -0.39 is 9.84 Å². The quantitative estimate of drug-likeness (QED) is 0.628. The maximum Gasteiger partial charge on any atom is 0.307 e. The minimum Gasteiger partial charge on any atom is -0.466 e. The molecule has 20 heavy (non-hydrogen) atoms. The Kier molecular flexibility index (Phi) is 6.81. The normalized spacial score (nSPS) is 20.6. The minimum atomic E-state index is -2.90. The van der Waals surface area contributed by atoms with Gasteiger partial charge >= 0.3 is 5.97 Å². The molecule has 0 aromatic rings. The summed E-state index contributed by atoms with van der Waals surface area (Å²) in [6.07, 6.45) is 0.797. The molecule has 1 atom stereocenters. The van der Waals surface area contributed by atoms with E-state index in [9.17, 15) is 18.0 Å². The van der Waals surface area contributed by atoms with E-state index >= 15 is 0 Å². The lowest BCUT2D eigenvalue weighted by Crippen LogP contribution is -2.31. The summed E-state index contributed by atoms with van der Waals surface area (Å²) in [5.74, 6) is 0.222. The first-order chi connectivity index (χ1) is 9.34. The van der Waals surface area contributed by atoms with Gasteiger partial charge in [0, 0.05) is 18.8 Å². The van der Waals surface area contributed by atoms with Gasteiger partial charge in [-0.3, -0.25) is 9.59 Å². The zero-order chi connectivity index (χ0) is 15.2. The SMILES string of the molecule is CCOC(=O)CCN(C)C(=O)CSC1CCS(=O)(=O)C1. The highest BCUT2D eigenvalue weighted by molar-refractivity contribution is 8.02. The van der Waals surface area contributed by atoms with Gasteiger partial charge in [0.15, 0.2) is 9.84 Å². The van der Waals surface area contributed by atoms with Crippen LogP contribution in [-0.4, -0.2) is 67.9 Å². The summed E-state index contributed by atoms with van der Waals surface area (Å²) in [4.78, 5) is 24.5. The molecule has 0 saturated carbocycles. The fourth-order valence-electron chi connectivity index (χ4n) is 1.81. The molecule has 0 spiro atoms. The van der Waals surface area contributed by atoms with Crippen molar-refractivity contribution in [2.45, 2.75) is 25.0 Å². The van der Waals surface area contributed by atoms with Crippen LogP contribution in [0.4, 0.5) is 0 Å². The summed E-state index contributed by atoms with van der Waals surface area (Å²) in [5.41, 5.74) is 0. The van der Waals surface area contributed by atoms with Gasteiger partial charge < -0.3 is 9.64 Å². The summed E-state index contributed by atoms with van der Waals surface area (Å²) < 4.78 is 27.4. The highest BCUT2D eigenvalue weighted by Gasteiger charge is 2.28. The van der Waals surface area contributed by atoms with Crippen LogP contribution in [0.3, 0.4) is 0 Å². The van der Waals surface area contributed by atoms with Crippen molar-refractivity contribution in [1.82, 2.24) is 4.90 Å². The van der Waals surface area contributed by atoms with Crippen LogP contribution in [0.1, 0.15) is 19.8 Å². The topological polar surface area (TPSA) is 80.8 Å². The highest BCUT2D eigenvalue weighted by atomic mass is 32.2. The Morgan fingerprint density at radius 1 is 1.40 bits per heavy atom. The maximum atomic E-state index is 11.8. The Morgan fingerprint density at radius 3 is 2.65 bits per heavy atom. The molecule has 1 amide bonds. The lowest BCUT2D eigenvalue weighted by atomic mass is 10.4. The zero-order valence-corrected chi connectivity index (χ0v) is 13.5. The number of amides is 1. The molecule has 8 heteroatoms. The smallest absolute Gasteiger partial charge is 0.307 e. The molecular formula is C12H21NO5S2. The standard InChI is InChI=1S/C12H21NO5S2/c1-3-18-12(15)4-6-13(2)11(14)8-19-10-5-7-20(16,17)9-10/h10H,3-9H2,1-2H3. The fraction of sp³-hybridized carbons (Fsp3) is 0.833. The Balaban J connectivity index is 2.23. The molecule has 0 bridgehead atoms. The molecule has 0 radical (unpaired) electrons. The molecule has 1 heterocycles. The van der Waals surface area contributed by atoms with Crippen molar-refractivity contribution in [1.29, 1.82) is 0 Å². The number of hydrogen-bond acceptors (Lipinski definition) is 6. The fourth-order valence-corrected chi connectivity index (χ4v) is 5.39. The van der Waals surface area contributed by atoms with Gasteiger partial charge in [0.2, 0.25) is 5.91 Å². The average molecular weight is 323 g/mol. The molecule has 116 valence electrons. The molecule has 1 saturated heterocycles. The maximum absolute atomic E-state index is 11.8. The first-order valence-electron chi connectivity index (χ1n) is 6.55. The van der Waals surface area contributed by atoms with Crippen LogP contribution in [-0.2, 0) is 24.2 Å². The van der Waals surface area contributed by atoms with Gasteiger partial charge in [-0.15, -0.1) is 11.8 Å². The molecule has 6 nitrogen and oxygen atoms in total. The average Bonchev–Trinajstić information content (AvgIpc) is 2.73. The van der Waals surface area contributed by atoms with Crippen molar-refractivity contribution in [3.63, 3.8) is 0 Å². The van der Waals surface area contributed by atoms with Crippen LogP contribution < -0.4 is 0 Å². The molecule has 0 aliphatic carbocycles. The van der Waals surface area contributed by atoms with Crippen molar-refractivity contribution >= 4 is 33.5 Å². The van der Waals surface area contributed by atoms with Crippen molar-refractivity contribution < 1.29 is 22.7 Å². The number of thioether (sulfide) groups is 1. The van der Waals surface area contributed by atoms with Gasteiger partial charge in [-0.2, -0.15) is 0 Å². The second kappa shape index (κ2) is 7.87. The van der Waals surface area contributed by atoms with E-state index in [2.05, 4.69) is 0 Å². The molecular weight excluding hydrogens is 302 g/mol. The Labute approximate surface area is 124 Å². The first-order valence-corrected chi connectivity index (χ1v) is 9.42. The lowest BCUT2D eigenvalue weighted by molar-refractivity contribution is -0.143. The number of nitrogens with zero attached hydrogens (tertiary/aromatic N) is 1. The van der Waals surface area contributed by atoms with Crippen LogP contribution in [0.5, 0.6) is 0 Å². The lowest BCUT2D eigenvalue weighted by Gasteiger charge is -2.17. The Morgan fingerprint density at radius 2 is 2.10 bits per heavy atom. The number of carbonyl (C=O) groups excluding carboxylic acids is 2. The Hall–Kier alpha value is -0.760. The monoisotopic (exact) mass is 323 g/mol. The third-order valence-corrected chi connectivity index (χ3v) is 6.28. The van der Waals surface area contributed by atoms with Crippen LogP contribution in [0.15, 0.2) is 0 Å². The molecule has 0 aromatic carbocycles. The summed E-state index contributed by atoms with van der Waals surface area (Å²) in [6, 6.07) is 0. The summed E-state index contributed by atoms with van der Waals surface area (Å²) in [6.45, 7) is 2.39. The number of rotatable bonds is 7. The van der Waals surface area contributed by atoms with Gasteiger partial charge in [0.1, 0.15) is 0 Å². The number of esters is 1. The molecule has 0 N–H and O–H groups in total. The molecule has 1 unspecified atom stereocenters. The second-order valence-corrected chi connectivity index (χ2v) is 8.22. The van der Waals surface area contributed by atoms with Crippen molar-refractivity contribution in [2.24, 2.45) is 0 Å². The van der Waals surface area contributed by atoms with Crippen molar-refractivity contribution in [2.75, 3.05) is 37.5 Å². The first kappa shape index (κ1) is 17.3. The summed E-state index contributed by atoms with van der Waals surface area (Å²) in [5, 5.41) is 0.0161. The van der Waals surface area contributed by atoms with E-state index in [0.717, 1.165) is 0 Å². The van der Waals surface area contributed by atoms with E-state index in [1.807, 2.05) is 0 Å². The van der Waals surface area contributed by atoms with Gasteiger partial charge in [-0.05, 0) is 13.3 Å². The van der Waals surface area contributed by atoms with Gasteiger partial charge in [0.05, 0.1) is 30.3 Å². The second-order valence-electron chi connectivity index (χ2n) is 4.71. The summed E-state index contributed by atoms with van der Waals surface area (Å²) in [7, 11) is -1.27. The number of carbonyl (C=O) groups is 2. The number of hydrogen-bond donors (Lipinski definition) is 0. The molecule has 0 aromatic heterocycles. The van der Waals surface area contributed by atoms with E-state index in [1.165, 1.54) is 16.7 Å². The van der Waals surface area contributed by atoms with E-state index in [-0.39, 0.29) is 40.8 Å². The van der Waals surface area contributed by atoms with Crippen LogP contribution in [0, 0.1) is 0 Å². The predicted molar refractivity (Wildman–Crippen MR) is 78.4 cm³/mol. The van der Waals surface area contributed by atoms with Crippen LogP contribution in [0.25, 0.3) is 0 Å². The molecule has 1 fully saturated rings. The molecule has 1 rings (SSSR count). The van der Waals surface area contributed by atoms with Crippen molar-refractivity contribution in [3.05, 3.63) is 0 Å². The van der Waals surface area contributed by atoms with E-state index in [4.69, 9.17) is 4.74 Å². The van der Waals surface area contributed by atoms with Crippen LogP contribution >= 0.6 is 11.8 Å². The highest BCUT2D eigenvalue weighted by Crippen LogP contribution is 2.24. The Bertz CT molecular complexity index is 449. The summed E-state index contributed by atoms with van der Waals surface area (Å²) >= 11 is 1.38. The van der Waals surface area contributed by atoms with Gasteiger partial charge in [-0.25, -0.2) is 8.42 Å². The third kappa shape index (κ3) is 6.13. The largest absolute Gasteiger partial charge is 0.466 e. The molecule has 1 aliphatic rings. The number of ether oxygens (including phenoxy) is 1. The van der Waals surface area contributed by atoms with Gasteiger partial charge in [-0.1, -0.05) is 0 Å². The third-order valence-electron chi connectivity index (χ3n) is 3.02. The number of sulfone groups is 1. The van der Waals surface area contributed by atoms with E-state index in [1.54, 1.807) is 14.0 Å². The minimum absolute atomic E-state index is 0.0161. The predicted octanol–water partition coefficient (Wildman–Crippen LogP) is 0.318.